The molecule has 1 aromatic heterocycles. The number of nitrogens with one attached hydrogen (secondary N) is 2. The normalized spacial score (nSPS) is 11.1. The molecule has 1 atom stereocenters. The summed E-state index contributed by atoms with van der Waals surface area (Å²) < 4.78 is 0. The van der Waals surface area contributed by atoms with Gasteiger partial charge in [0.05, 0.1) is 18.5 Å². The summed E-state index contributed by atoms with van der Waals surface area (Å²) in [5.41, 5.74) is 4.53. The molecule has 0 saturated heterocycles. The van der Waals surface area contributed by atoms with Crippen LogP contribution in [0.2, 0.25) is 0 Å². The number of H-pyrrole nitrogens is 1. The molecule has 0 aliphatic heterocycles. The van der Waals surface area contributed by atoms with Gasteiger partial charge < -0.3 is 15.2 Å². The highest BCUT2D eigenvalue weighted by molar-refractivity contribution is 6.15. The van der Waals surface area contributed by atoms with Crippen molar-refractivity contribution in [1.82, 2.24) is 20.2 Å². The van der Waals surface area contributed by atoms with Crippen molar-refractivity contribution in [3.8, 4) is 0 Å². The number of hydrogen-bond acceptors (Lipinski definition) is 4. The molecule has 2 N–H and O–H groups in total. The van der Waals surface area contributed by atoms with Gasteiger partial charge in [-0.1, -0.05) is 141 Å². The van der Waals surface area contributed by atoms with E-state index in [1.165, 1.54) is 4.90 Å². The fraction of sp³-hybridized carbons (Fsp3) is 0.140. The molecule has 8 heteroatoms. The van der Waals surface area contributed by atoms with Crippen molar-refractivity contribution in [3.63, 3.8) is 0 Å². The fourth-order valence-electron chi connectivity index (χ4n) is 6.11. The number of rotatable bonds is 13. The first-order valence-electron chi connectivity index (χ1n) is 16.4. The second-order valence-electron chi connectivity index (χ2n) is 11.8. The SMILES string of the molecule is C.[C-]#[N+]c1cccc(C(C(=O)NCC(c2ccccc2)c2ccccc2)N(CCc2cnc[nH]2)C(=O)c2ccccc2C(=O)c2ccccc2)c1. The molecule has 51 heavy (non-hydrogen) atoms. The molecule has 0 radical (unpaired) electrons. The summed E-state index contributed by atoms with van der Waals surface area (Å²) in [7, 11) is 0. The minimum Gasteiger partial charge on any atom is -0.353 e. The highest BCUT2D eigenvalue weighted by Crippen LogP contribution is 2.30. The molecule has 0 aliphatic carbocycles. The zero-order valence-corrected chi connectivity index (χ0v) is 27.3. The van der Waals surface area contributed by atoms with Crippen LogP contribution >= 0.6 is 0 Å². The predicted octanol–water partition coefficient (Wildman–Crippen LogP) is 8.20. The van der Waals surface area contributed by atoms with Gasteiger partial charge in [-0.25, -0.2) is 9.83 Å². The summed E-state index contributed by atoms with van der Waals surface area (Å²) in [5.74, 6) is -1.35. The standard InChI is InChI=1S/C42H35N5O3.CH4/c1-43-34-21-13-20-33(26-34)39(41(49)45-28-38(30-14-5-2-6-15-30)31-16-7-3-8-17-31)47(25-24-35-27-44-29-46-35)42(50)37-23-12-11-22-36(37)40(48)32-18-9-4-10-19-32;/h2-23,26-27,29,38-39H,24-25,28H2,(H,44,46)(H,45,49);1H4. The lowest BCUT2D eigenvalue weighted by Crippen LogP contribution is -2.46. The Bertz CT molecular complexity index is 2050. The Morgan fingerprint density at radius 3 is 1.94 bits per heavy atom. The molecule has 1 unspecified atom stereocenters. The zero-order chi connectivity index (χ0) is 34.7. The van der Waals surface area contributed by atoms with Crippen molar-refractivity contribution in [2.24, 2.45) is 0 Å². The third-order valence-corrected chi connectivity index (χ3v) is 8.64. The van der Waals surface area contributed by atoms with Crippen LogP contribution in [0.4, 0.5) is 5.69 Å². The number of imidazole rings is 1. The van der Waals surface area contributed by atoms with Gasteiger partial charge in [0.1, 0.15) is 6.04 Å². The Hall–Kier alpha value is -6.59. The van der Waals surface area contributed by atoms with Crippen molar-refractivity contribution in [3.05, 3.63) is 203 Å². The van der Waals surface area contributed by atoms with E-state index in [0.29, 0.717) is 23.2 Å². The molecule has 2 amide bonds. The summed E-state index contributed by atoms with van der Waals surface area (Å²) in [5, 5.41) is 3.16. The molecular formula is C43H39N5O3. The molecule has 0 aliphatic rings. The highest BCUT2D eigenvalue weighted by Gasteiger charge is 2.34. The summed E-state index contributed by atoms with van der Waals surface area (Å²) >= 11 is 0. The maximum absolute atomic E-state index is 14.8. The summed E-state index contributed by atoms with van der Waals surface area (Å²) in [4.78, 5) is 55.5. The Balaban J connectivity index is 0.00000504. The molecular weight excluding hydrogens is 635 g/mol. The van der Waals surface area contributed by atoms with Gasteiger partial charge in [0.25, 0.3) is 5.91 Å². The van der Waals surface area contributed by atoms with Gasteiger partial charge in [-0.05, 0) is 22.8 Å². The zero-order valence-electron chi connectivity index (χ0n) is 27.3. The monoisotopic (exact) mass is 673 g/mol. The molecule has 8 nitrogen and oxygen atoms in total. The van der Waals surface area contributed by atoms with Crippen LogP contribution in [0.3, 0.4) is 0 Å². The van der Waals surface area contributed by atoms with Gasteiger partial charge >= 0.3 is 0 Å². The van der Waals surface area contributed by atoms with Crippen LogP contribution in [0.15, 0.2) is 152 Å². The molecule has 1 heterocycles. The predicted molar refractivity (Wildman–Crippen MR) is 200 cm³/mol. The summed E-state index contributed by atoms with van der Waals surface area (Å²) in [6, 6.07) is 41.0. The van der Waals surface area contributed by atoms with E-state index in [-0.39, 0.29) is 43.3 Å². The van der Waals surface area contributed by atoms with Crippen molar-refractivity contribution in [2.45, 2.75) is 25.8 Å². The fourth-order valence-corrected chi connectivity index (χ4v) is 6.11. The number of carbonyl (C=O) groups excluding carboxylic acids is 3. The Morgan fingerprint density at radius 2 is 1.33 bits per heavy atom. The van der Waals surface area contributed by atoms with Crippen molar-refractivity contribution >= 4 is 23.3 Å². The summed E-state index contributed by atoms with van der Waals surface area (Å²) in [6.45, 7) is 8.05. The van der Waals surface area contributed by atoms with Gasteiger partial charge in [-0.3, -0.25) is 14.4 Å². The number of carbonyl (C=O) groups is 3. The Kier molecular flexibility index (Phi) is 12.0. The van der Waals surface area contributed by atoms with E-state index < -0.39 is 17.9 Å². The van der Waals surface area contributed by atoms with Crippen molar-refractivity contribution in [1.29, 1.82) is 0 Å². The number of hydrogen-bond donors (Lipinski definition) is 2. The van der Waals surface area contributed by atoms with E-state index in [1.54, 1.807) is 85.3 Å². The third kappa shape index (κ3) is 8.53. The highest BCUT2D eigenvalue weighted by atomic mass is 16.2. The number of ketones is 1. The van der Waals surface area contributed by atoms with Crippen LogP contribution in [0.1, 0.15) is 68.1 Å². The quantitative estimate of drug-likeness (QED) is 0.0954. The van der Waals surface area contributed by atoms with E-state index in [1.807, 2.05) is 66.7 Å². The largest absolute Gasteiger partial charge is 0.353 e. The van der Waals surface area contributed by atoms with Gasteiger partial charge in [-0.2, -0.15) is 0 Å². The second-order valence-corrected chi connectivity index (χ2v) is 11.8. The van der Waals surface area contributed by atoms with Crippen LogP contribution in [0.25, 0.3) is 4.85 Å². The third-order valence-electron chi connectivity index (χ3n) is 8.64. The lowest BCUT2D eigenvalue weighted by molar-refractivity contribution is -0.126. The smallest absolute Gasteiger partial charge is 0.255 e. The number of nitrogens with zero attached hydrogens (tertiary/aromatic N) is 3. The number of benzene rings is 5. The first-order valence-corrected chi connectivity index (χ1v) is 16.4. The van der Waals surface area contributed by atoms with Crippen LogP contribution in [-0.4, -0.2) is 45.6 Å². The molecule has 0 bridgehead atoms. The number of aromatic amines is 1. The molecule has 0 fully saturated rings. The number of aromatic nitrogens is 2. The first-order chi connectivity index (χ1) is 24.5. The number of amides is 2. The molecule has 5 aromatic carbocycles. The van der Waals surface area contributed by atoms with E-state index in [4.69, 9.17) is 6.57 Å². The molecule has 6 aromatic rings. The van der Waals surface area contributed by atoms with Crippen LogP contribution in [0, 0.1) is 6.57 Å². The van der Waals surface area contributed by atoms with E-state index >= 15 is 0 Å². The minimum atomic E-state index is -1.13. The summed E-state index contributed by atoms with van der Waals surface area (Å²) in [6.07, 6.45) is 3.60. The van der Waals surface area contributed by atoms with Crippen LogP contribution in [0.5, 0.6) is 0 Å². The average molecular weight is 674 g/mol. The van der Waals surface area contributed by atoms with E-state index in [0.717, 1.165) is 16.8 Å². The van der Waals surface area contributed by atoms with Crippen LogP contribution in [-0.2, 0) is 11.2 Å². The lowest BCUT2D eigenvalue weighted by Gasteiger charge is -2.32. The molecule has 6 rings (SSSR count). The minimum absolute atomic E-state index is 0. The molecule has 0 saturated carbocycles. The van der Waals surface area contributed by atoms with Gasteiger partial charge in [0.15, 0.2) is 11.5 Å². The van der Waals surface area contributed by atoms with Gasteiger partial charge in [0.2, 0.25) is 5.91 Å². The maximum Gasteiger partial charge on any atom is 0.255 e. The lowest BCUT2D eigenvalue weighted by atomic mass is 9.91. The average Bonchev–Trinajstić information content (AvgIpc) is 3.71. The maximum atomic E-state index is 14.8. The van der Waals surface area contributed by atoms with E-state index in [9.17, 15) is 14.4 Å². The van der Waals surface area contributed by atoms with Crippen molar-refractivity contribution < 1.29 is 14.4 Å². The second kappa shape index (κ2) is 17.2. The molecule has 0 spiro atoms. The first kappa shape index (κ1) is 35.7. The van der Waals surface area contributed by atoms with Gasteiger partial charge in [0, 0.05) is 48.4 Å². The Labute approximate surface area is 298 Å². The molecule has 254 valence electrons. The Morgan fingerprint density at radius 1 is 0.745 bits per heavy atom. The van der Waals surface area contributed by atoms with E-state index in [2.05, 4.69) is 20.1 Å². The van der Waals surface area contributed by atoms with Gasteiger partial charge in [-0.15, -0.1) is 0 Å². The van der Waals surface area contributed by atoms with Crippen molar-refractivity contribution in [2.75, 3.05) is 13.1 Å². The van der Waals surface area contributed by atoms with Crippen LogP contribution < -0.4 is 5.32 Å². The topological polar surface area (TPSA) is 99.5 Å².